The molecule has 3 amide bonds. The Morgan fingerprint density at radius 3 is 1.96 bits per heavy atom. The van der Waals surface area contributed by atoms with Crippen molar-refractivity contribution in [1.29, 1.82) is 0 Å². The van der Waals surface area contributed by atoms with Crippen LogP contribution in [0.15, 0.2) is 0 Å². The van der Waals surface area contributed by atoms with Crippen LogP contribution < -0.4 is 10.6 Å². The second-order valence-electron chi connectivity index (χ2n) is 8.35. The van der Waals surface area contributed by atoms with Crippen LogP contribution in [0.3, 0.4) is 0 Å². The number of likely N-dealkylation sites (tertiary alicyclic amines) is 1. The fourth-order valence-corrected chi connectivity index (χ4v) is 5.88. The van der Waals surface area contributed by atoms with Gasteiger partial charge in [-0.15, -0.1) is 0 Å². The molecule has 0 aromatic carbocycles. The van der Waals surface area contributed by atoms with Gasteiger partial charge in [0.05, 0.1) is 0 Å². The van der Waals surface area contributed by atoms with Crippen molar-refractivity contribution in [3.63, 3.8) is 0 Å². The lowest BCUT2D eigenvalue weighted by Crippen LogP contribution is -2.58. The molecule has 4 aliphatic carbocycles. The van der Waals surface area contributed by atoms with E-state index in [1.165, 1.54) is 32.1 Å². The third-order valence-electron chi connectivity index (χ3n) is 6.80. The maximum Gasteiger partial charge on any atom is 0.315 e. The number of carbonyl (C=O) groups is 2. The number of piperidine rings is 1. The average molecular weight is 319 g/mol. The van der Waals surface area contributed by atoms with Gasteiger partial charge in [0.1, 0.15) is 0 Å². The Morgan fingerprint density at radius 2 is 1.43 bits per heavy atom. The van der Waals surface area contributed by atoms with Crippen molar-refractivity contribution < 1.29 is 9.59 Å². The molecule has 128 valence electrons. The van der Waals surface area contributed by atoms with Gasteiger partial charge in [-0.1, -0.05) is 0 Å². The van der Waals surface area contributed by atoms with Gasteiger partial charge in [0.25, 0.3) is 0 Å². The third-order valence-corrected chi connectivity index (χ3v) is 6.80. The summed E-state index contributed by atoms with van der Waals surface area (Å²) in [5, 5.41) is 6.46. The van der Waals surface area contributed by atoms with Crippen molar-refractivity contribution in [1.82, 2.24) is 15.5 Å². The zero-order chi connectivity index (χ0) is 16.0. The molecular weight excluding hydrogens is 290 g/mol. The second-order valence-corrected chi connectivity index (χ2v) is 8.35. The summed E-state index contributed by atoms with van der Waals surface area (Å²) in [4.78, 5) is 25.6. The highest BCUT2D eigenvalue weighted by Gasteiger charge is 2.48. The first kappa shape index (κ1) is 15.3. The van der Waals surface area contributed by atoms with E-state index in [-0.39, 0.29) is 18.0 Å². The minimum absolute atomic E-state index is 0.0174. The maximum absolute atomic E-state index is 12.4. The summed E-state index contributed by atoms with van der Waals surface area (Å²) in [6, 6.07) is 0.631. The van der Waals surface area contributed by atoms with Gasteiger partial charge in [-0.05, 0) is 68.6 Å². The average Bonchev–Trinajstić information content (AvgIpc) is 2.50. The van der Waals surface area contributed by atoms with Crippen LogP contribution in [0.2, 0.25) is 0 Å². The van der Waals surface area contributed by atoms with Gasteiger partial charge >= 0.3 is 6.03 Å². The van der Waals surface area contributed by atoms with Crippen LogP contribution in [0.1, 0.15) is 51.9 Å². The topological polar surface area (TPSA) is 61.4 Å². The van der Waals surface area contributed by atoms with Crippen molar-refractivity contribution in [3.8, 4) is 0 Å². The predicted molar refractivity (Wildman–Crippen MR) is 87.8 cm³/mol. The lowest BCUT2D eigenvalue weighted by molar-refractivity contribution is -0.129. The molecular formula is C18H29N3O2. The molecule has 1 saturated heterocycles. The molecule has 5 rings (SSSR count). The Morgan fingerprint density at radius 1 is 0.870 bits per heavy atom. The quantitative estimate of drug-likeness (QED) is 0.819. The minimum atomic E-state index is 0.0174. The summed E-state index contributed by atoms with van der Waals surface area (Å²) >= 11 is 0. The molecule has 5 heteroatoms. The van der Waals surface area contributed by atoms with E-state index in [0.29, 0.717) is 6.04 Å². The molecule has 1 heterocycles. The molecule has 5 fully saturated rings. The molecule has 1 aliphatic heterocycles. The molecule has 0 aromatic rings. The van der Waals surface area contributed by atoms with Gasteiger partial charge < -0.3 is 15.5 Å². The normalized spacial score (nSPS) is 39.3. The Hall–Kier alpha value is -1.26. The third kappa shape index (κ3) is 3.07. The van der Waals surface area contributed by atoms with E-state index in [1.807, 2.05) is 4.90 Å². The predicted octanol–water partition coefficient (Wildman–Crippen LogP) is 2.12. The zero-order valence-electron chi connectivity index (χ0n) is 14.1. The summed E-state index contributed by atoms with van der Waals surface area (Å²) in [6.45, 7) is 3.14. The standard InChI is InChI=1S/C18H29N3O2/c1-11(22)21-4-2-16(3-5-21)19-18(23)20-17-14-7-12-6-13(9-14)10-15(17)8-12/h12-17H,2-10H2,1H3,(H2,19,20,23). The highest BCUT2D eigenvalue weighted by Crippen LogP contribution is 2.53. The molecule has 2 N–H and O–H groups in total. The van der Waals surface area contributed by atoms with Crippen molar-refractivity contribution in [2.75, 3.05) is 13.1 Å². The van der Waals surface area contributed by atoms with Crippen molar-refractivity contribution >= 4 is 11.9 Å². The van der Waals surface area contributed by atoms with Crippen LogP contribution in [-0.2, 0) is 4.79 Å². The van der Waals surface area contributed by atoms with Gasteiger partial charge in [-0.3, -0.25) is 4.79 Å². The van der Waals surface area contributed by atoms with Crippen LogP contribution >= 0.6 is 0 Å². The number of urea groups is 1. The molecule has 0 aromatic heterocycles. The van der Waals surface area contributed by atoms with E-state index < -0.39 is 0 Å². The summed E-state index contributed by atoms with van der Waals surface area (Å²) in [6.07, 6.45) is 8.50. The zero-order valence-corrected chi connectivity index (χ0v) is 14.1. The first-order valence-electron chi connectivity index (χ1n) is 9.41. The number of amides is 3. The lowest BCUT2D eigenvalue weighted by atomic mass is 9.54. The van der Waals surface area contributed by atoms with Gasteiger partial charge in [-0.25, -0.2) is 4.79 Å². The van der Waals surface area contributed by atoms with Crippen LogP contribution in [0.25, 0.3) is 0 Å². The summed E-state index contributed by atoms with van der Waals surface area (Å²) in [5.41, 5.74) is 0. The first-order valence-corrected chi connectivity index (χ1v) is 9.41. The molecule has 0 atom stereocenters. The van der Waals surface area contributed by atoms with Crippen molar-refractivity contribution in [2.45, 2.75) is 64.0 Å². The van der Waals surface area contributed by atoms with E-state index in [2.05, 4.69) is 10.6 Å². The molecule has 5 nitrogen and oxygen atoms in total. The SMILES string of the molecule is CC(=O)N1CCC(NC(=O)NC2C3CC4CC(C3)CC2C4)CC1. The monoisotopic (exact) mass is 319 g/mol. The molecule has 0 spiro atoms. The van der Waals surface area contributed by atoms with Crippen LogP contribution in [-0.4, -0.2) is 42.0 Å². The molecule has 0 radical (unpaired) electrons. The largest absolute Gasteiger partial charge is 0.343 e. The van der Waals surface area contributed by atoms with Gasteiger partial charge in [0.15, 0.2) is 0 Å². The Kier molecular flexibility index (Phi) is 3.98. The van der Waals surface area contributed by atoms with Crippen LogP contribution in [0.5, 0.6) is 0 Å². The van der Waals surface area contributed by atoms with Gasteiger partial charge in [0, 0.05) is 32.1 Å². The summed E-state index contributed by atoms with van der Waals surface area (Å²) < 4.78 is 0. The van der Waals surface area contributed by atoms with Crippen LogP contribution in [0.4, 0.5) is 4.79 Å². The Balaban J connectivity index is 1.27. The Bertz CT molecular complexity index is 457. The second kappa shape index (κ2) is 5.99. The highest BCUT2D eigenvalue weighted by molar-refractivity contribution is 5.75. The summed E-state index contributed by atoms with van der Waals surface area (Å²) in [5.74, 6) is 3.46. The molecule has 23 heavy (non-hydrogen) atoms. The van der Waals surface area contributed by atoms with Crippen LogP contribution in [0, 0.1) is 23.7 Å². The minimum Gasteiger partial charge on any atom is -0.343 e. The Labute approximate surface area is 138 Å². The van der Waals surface area contributed by atoms with E-state index in [9.17, 15) is 9.59 Å². The van der Waals surface area contributed by atoms with E-state index in [0.717, 1.165) is 49.6 Å². The fourth-order valence-electron chi connectivity index (χ4n) is 5.88. The van der Waals surface area contributed by atoms with E-state index in [1.54, 1.807) is 6.92 Å². The van der Waals surface area contributed by atoms with Crippen molar-refractivity contribution in [2.24, 2.45) is 23.7 Å². The number of carbonyl (C=O) groups excluding carboxylic acids is 2. The molecule has 0 unspecified atom stereocenters. The number of nitrogens with one attached hydrogen (secondary N) is 2. The van der Waals surface area contributed by atoms with Crippen molar-refractivity contribution in [3.05, 3.63) is 0 Å². The highest BCUT2D eigenvalue weighted by atomic mass is 16.2. The molecule has 4 bridgehead atoms. The number of hydrogen-bond acceptors (Lipinski definition) is 2. The fraction of sp³-hybridized carbons (Fsp3) is 0.889. The van der Waals surface area contributed by atoms with E-state index in [4.69, 9.17) is 0 Å². The summed E-state index contributed by atoms with van der Waals surface area (Å²) in [7, 11) is 0. The first-order chi connectivity index (χ1) is 11.1. The number of nitrogens with zero attached hydrogens (tertiary/aromatic N) is 1. The van der Waals surface area contributed by atoms with E-state index >= 15 is 0 Å². The lowest BCUT2D eigenvalue weighted by Gasteiger charge is -2.54. The smallest absolute Gasteiger partial charge is 0.315 e. The molecule has 5 aliphatic rings. The molecule has 4 saturated carbocycles. The number of rotatable bonds is 2. The van der Waals surface area contributed by atoms with Gasteiger partial charge in [0.2, 0.25) is 5.91 Å². The van der Waals surface area contributed by atoms with Gasteiger partial charge in [-0.2, -0.15) is 0 Å². The maximum atomic E-state index is 12.4. The number of hydrogen-bond donors (Lipinski definition) is 2.